The summed E-state index contributed by atoms with van der Waals surface area (Å²) in [4.78, 5) is 0. The Bertz CT molecular complexity index is 587. The number of anilines is 1. The predicted molar refractivity (Wildman–Crippen MR) is 76.9 cm³/mol. The molecule has 0 atom stereocenters. The summed E-state index contributed by atoms with van der Waals surface area (Å²) in [5.41, 5.74) is -0.465. The van der Waals surface area contributed by atoms with Crippen LogP contribution in [0, 0.1) is 0 Å². The summed E-state index contributed by atoms with van der Waals surface area (Å²) < 4.78 is 43.4. The number of hydrogen-bond donors (Lipinski definition) is 1. The minimum atomic E-state index is -4.41. The van der Waals surface area contributed by atoms with Crippen LogP contribution < -0.4 is 10.1 Å². The van der Waals surface area contributed by atoms with Gasteiger partial charge in [-0.2, -0.15) is 13.2 Å². The van der Waals surface area contributed by atoms with E-state index in [0.29, 0.717) is 24.6 Å². The smallest absolute Gasteiger partial charge is 0.416 e. The zero-order valence-electron chi connectivity index (χ0n) is 11.0. The molecule has 0 radical (unpaired) electrons. The second-order valence-corrected chi connectivity index (χ2v) is 4.75. The number of ether oxygens (including phenoxy) is 1. The molecule has 0 spiro atoms. The van der Waals surface area contributed by atoms with E-state index in [1.54, 1.807) is 12.1 Å². The van der Waals surface area contributed by atoms with Gasteiger partial charge in [0, 0.05) is 17.3 Å². The lowest BCUT2D eigenvalue weighted by molar-refractivity contribution is -0.137. The molecule has 0 bridgehead atoms. The van der Waals surface area contributed by atoms with Gasteiger partial charge in [0.15, 0.2) is 0 Å². The van der Waals surface area contributed by atoms with E-state index >= 15 is 0 Å². The van der Waals surface area contributed by atoms with Gasteiger partial charge in [-0.3, -0.25) is 0 Å². The molecule has 2 aromatic rings. The molecule has 6 heteroatoms. The fraction of sp³-hybridized carbons (Fsp3) is 0.200. The summed E-state index contributed by atoms with van der Waals surface area (Å²) >= 11 is 5.69. The zero-order valence-corrected chi connectivity index (χ0v) is 11.7. The molecule has 2 nitrogen and oxygen atoms in total. The van der Waals surface area contributed by atoms with Gasteiger partial charge in [0.1, 0.15) is 12.4 Å². The highest BCUT2D eigenvalue weighted by Crippen LogP contribution is 2.33. The van der Waals surface area contributed by atoms with E-state index in [1.165, 1.54) is 6.07 Å². The van der Waals surface area contributed by atoms with E-state index in [-0.39, 0.29) is 5.02 Å². The Morgan fingerprint density at radius 3 is 2.43 bits per heavy atom. The summed E-state index contributed by atoms with van der Waals surface area (Å²) in [6.45, 7) is 0.699. The van der Waals surface area contributed by atoms with Crippen LogP contribution in [0.4, 0.5) is 18.9 Å². The molecular weight excluding hydrogens is 303 g/mol. The number of benzene rings is 2. The molecule has 1 N–H and O–H groups in total. The molecule has 0 unspecified atom stereocenters. The average Bonchev–Trinajstić information content (AvgIpc) is 2.43. The summed E-state index contributed by atoms with van der Waals surface area (Å²) in [6, 6.07) is 12.5. The predicted octanol–water partition coefficient (Wildman–Crippen LogP) is 4.85. The lowest BCUT2D eigenvalue weighted by Gasteiger charge is -2.12. The Kier molecular flexibility index (Phi) is 4.96. The van der Waals surface area contributed by atoms with Gasteiger partial charge < -0.3 is 10.1 Å². The number of hydrogen-bond acceptors (Lipinski definition) is 2. The second kappa shape index (κ2) is 6.72. The molecule has 0 aliphatic rings. The van der Waals surface area contributed by atoms with Crippen molar-refractivity contribution in [1.82, 2.24) is 0 Å². The van der Waals surface area contributed by atoms with Crippen molar-refractivity contribution in [3.8, 4) is 5.75 Å². The largest absolute Gasteiger partial charge is 0.492 e. The maximum atomic E-state index is 12.6. The van der Waals surface area contributed by atoms with Crippen LogP contribution in [0.2, 0.25) is 5.02 Å². The van der Waals surface area contributed by atoms with Crippen LogP contribution in [0.3, 0.4) is 0 Å². The highest BCUT2D eigenvalue weighted by Gasteiger charge is 2.31. The minimum absolute atomic E-state index is 0.0382. The maximum absolute atomic E-state index is 12.6. The average molecular weight is 316 g/mol. The molecule has 112 valence electrons. The molecule has 0 amide bonds. The van der Waals surface area contributed by atoms with Crippen molar-refractivity contribution >= 4 is 17.3 Å². The highest BCUT2D eigenvalue weighted by molar-refractivity contribution is 6.30. The topological polar surface area (TPSA) is 21.3 Å². The van der Waals surface area contributed by atoms with Gasteiger partial charge in [-0.1, -0.05) is 29.8 Å². The third-order valence-electron chi connectivity index (χ3n) is 2.67. The van der Waals surface area contributed by atoms with Crippen LogP contribution in [0.25, 0.3) is 0 Å². The van der Waals surface area contributed by atoms with Crippen molar-refractivity contribution in [1.29, 1.82) is 0 Å². The van der Waals surface area contributed by atoms with Gasteiger partial charge in [0.05, 0.1) is 5.56 Å². The van der Waals surface area contributed by atoms with E-state index < -0.39 is 11.7 Å². The lowest BCUT2D eigenvalue weighted by Crippen LogP contribution is -2.12. The van der Waals surface area contributed by atoms with Crippen LogP contribution in [0.15, 0.2) is 48.5 Å². The van der Waals surface area contributed by atoms with Crippen molar-refractivity contribution < 1.29 is 17.9 Å². The third-order valence-corrected chi connectivity index (χ3v) is 2.89. The number of rotatable bonds is 5. The molecule has 0 saturated carbocycles. The Morgan fingerprint density at radius 2 is 1.76 bits per heavy atom. The Balaban J connectivity index is 1.90. The van der Waals surface area contributed by atoms with Gasteiger partial charge in [-0.25, -0.2) is 0 Å². The first kappa shape index (κ1) is 15.5. The minimum Gasteiger partial charge on any atom is -0.492 e. The number of nitrogens with one attached hydrogen (secondary N) is 1. The second-order valence-electron chi connectivity index (χ2n) is 4.31. The van der Waals surface area contributed by atoms with Crippen LogP contribution in [-0.2, 0) is 6.18 Å². The van der Waals surface area contributed by atoms with Crippen molar-refractivity contribution in [2.75, 3.05) is 18.5 Å². The summed E-state index contributed by atoms with van der Waals surface area (Å²) in [7, 11) is 0. The van der Waals surface area contributed by atoms with Crippen molar-refractivity contribution in [3.05, 3.63) is 59.1 Å². The standard InChI is InChI=1S/C15H13ClF3NO/c16-12-8-11(15(17,18)19)9-13(10-12)20-6-7-21-14-4-2-1-3-5-14/h1-5,8-10,20H,6-7H2. The Labute approximate surface area is 125 Å². The van der Waals surface area contributed by atoms with Crippen LogP contribution in [0.1, 0.15) is 5.56 Å². The zero-order chi connectivity index (χ0) is 15.3. The molecule has 0 heterocycles. The molecule has 21 heavy (non-hydrogen) atoms. The fourth-order valence-electron chi connectivity index (χ4n) is 1.74. The number of alkyl halides is 3. The number of halogens is 4. The van der Waals surface area contributed by atoms with Crippen LogP contribution in [0.5, 0.6) is 5.75 Å². The van der Waals surface area contributed by atoms with Crippen molar-refractivity contribution in [2.24, 2.45) is 0 Å². The fourth-order valence-corrected chi connectivity index (χ4v) is 1.97. The van der Waals surface area contributed by atoms with Crippen molar-refractivity contribution in [2.45, 2.75) is 6.18 Å². The first-order valence-electron chi connectivity index (χ1n) is 6.25. The van der Waals surface area contributed by atoms with E-state index in [1.807, 2.05) is 18.2 Å². The van der Waals surface area contributed by atoms with E-state index in [9.17, 15) is 13.2 Å². The molecule has 0 fully saturated rings. The van der Waals surface area contributed by atoms with Crippen molar-refractivity contribution in [3.63, 3.8) is 0 Å². The van der Waals surface area contributed by atoms with Crippen LogP contribution in [-0.4, -0.2) is 13.2 Å². The first-order valence-corrected chi connectivity index (χ1v) is 6.62. The monoisotopic (exact) mass is 315 g/mol. The van der Waals surface area contributed by atoms with E-state index in [4.69, 9.17) is 16.3 Å². The Hall–Kier alpha value is -1.88. The molecule has 0 aliphatic heterocycles. The van der Waals surface area contributed by atoms with Crippen LogP contribution >= 0.6 is 11.6 Å². The summed E-state index contributed by atoms with van der Waals surface area (Å²) in [6.07, 6.45) is -4.41. The molecule has 0 aromatic heterocycles. The van der Waals surface area contributed by atoms with Gasteiger partial charge in [0.25, 0.3) is 0 Å². The van der Waals surface area contributed by atoms with Gasteiger partial charge in [0.2, 0.25) is 0 Å². The summed E-state index contributed by atoms with van der Waals surface area (Å²) in [5, 5.41) is 2.90. The number of para-hydroxylation sites is 1. The molecular formula is C15H13ClF3NO. The SMILES string of the molecule is FC(F)(F)c1cc(Cl)cc(NCCOc2ccccc2)c1. The molecule has 2 rings (SSSR count). The molecule has 2 aromatic carbocycles. The quantitative estimate of drug-likeness (QED) is 0.796. The maximum Gasteiger partial charge on any atom is 0.416 e. The summed E-state index contributed by atoms with van der Waals surface area (Å²) in [5.74, 6) is 0.710. The molecule has 0 aliphatic carbocycles. The highest BCUT2D eigenvalue weighted by atomic mass is 35.5. The van der Waals surface area contributed by atoms with Gasteiger partial charge >= 0.3 is 6.18 Å². The molecule has 0 saturated heterocycles. The van der Waals surface area contributed by atoms with E-state index in [2.05, 4.69) is 5.32 Å². The van der Waals surface area contributed by atoms with E-state index in [0.717, 1.165) is 12.1 Å². The lowest BCUT2D eigenvalue weighted by atomic mass is 10.2. The third kappa shape index (κ3) is 4.86. The normalized spacial score (nSPS) is 11.2. The first-order chi connectivity index (χ1) is 9.95. The van der Waals surface area contributed by atoms with Gasteiger partial charge in [-0.05, 0) is 30.3 Å². The van der Waals surface area contributed by atoms with Gasteiger partial charge in [-0.15, -0.1) is 0 Å². The Morgan fingerprint density at radius 1 is 1.05 bits per heavy atom.